The molecule has 2 rings (SSSR count). The molecule has 1 aliphatic heterocycles. The molecule has 80 valence electrons. The van der Waals surface area contributed by atoms with Gasteiger partial charge in [-0.25, -0.2) is 0 Å². The molecule has 15 heavy (non-hydrogen) atoms. The maximum Gasteiger partial charge on any atom is 0.317 e. The van der Waals surface area contributed by atoms with Gasteiger partial charge in [-0.05, 0) is 17.9 Å². The molecule has 0 radical (unpaired) electrons. The van der Waals surface area contributed by atoms with Gasteiger partial charge in [0.15, 0.2) is 5.78 Å². The van der Waals surface area contributed by atoms with E-state index < -0.39 is 5.97 Å². The predicted molar refractivity (Wildman–Crippen MR) is 56.4 cm³/mol. The first-order chi connectivity index (χ1) is 7.16. The largest absolute Gasteiger partial charge is 0.480 e. The summed E-state index contributed by atoms with van der Waals surface area (Å²) < 4.78 is 0. The number of carbonyl (C=O) groups excluding carboxylic acids is 1. The average molecular weight is 225 g/mol. The van der Waals surface area contributed by atoms with E-state index in [1.54, 1.807) is 16.2 Å². The lowest BCUT2D eigenvalue weighted by atomic mass is 10.1. The van der Waals surface area contributed by atoms with E-state index in [1.807, 2.05) is 11.4 Å². The van der Waals surface area contributed by atoms with Crippen LogP contribution in [0.1, 0.15) is 15.2 Å². The highest BCUT2D eigenvalue weighted by Crippen LogP contribution is 2.21. The minimum absolute atomic E-state index is 0.0324. The summed E-state index contributed by atoms with van der Waals surface area (Å²) in [5.41, 5.74) is 0.771. The second-order valence-corrected chi connectivity index (χ2v) is 4.54. The number of ketones is 1. The Labute approximate surface area is 91.1 Å². The van der Waals surface area contributed by atoms with E-state index in [2.05, 4.69) is 0 Å². The molecule has 1 aromatic heterocycles. The molecular formula is C10H11NO3S. The van der Waals surface area contributed by atoms with E-state index in [-0.39, 0.29) is 18.9 Å². The van der Waals surface area contributed by atoms with Gasteiger partial charge >= 0.3 is 5.97 Å². The Morgan fingerprint density at radius 1 is 1.60 bits per heavy atom. The minimum Gasteiger partial charge on any atom is -0.480 e. The third-order valence-electron chi connectivity index (χ3n) is 2.43. The predicted octanol–water partition coefficient (Wildman–Crippen LogP) is 0.874. The van der Waals surface area contributed by atoms with Crippen LogP contribution in [0.25, 0.3) is 0 Å². The zero-order valence-electron chi connectivity index (χ0n) is 8.10. The molecule has 0 saturated heterocycles. The van der Waals surface area contributed by atoms with Crippen LogP contribution in [0.15, 0.2) is 11.4 Å². The zero-order valence-corrected chi connectivity index (χ0v) is 8.92. The first-order valence-electron chi connectivity index (χ1n) is 4.70. The van der Waals surface area contributed by atoms with E-state index in [9.17, 15) is 9.59 Å². The van der Waals surface area contributed by atoms with Crippen molar-refractivity contribution < 1.29 is 14.7 Å². The lowest BCUT2D eigenvalue weighted by Crippen LogP contribution is -2.34. The van der Waals surface area contributed by atoms with Gasteiger partial charge in [-0.2, -0.15) is 0 Å². The van der Waals surface area contributed by atoms with Crippen LogP contribution in [0, 0.1) is 0 Å². The number of nitrogens with zero attached hydrogens (tertiary/aromatic N) is 1. The van der Waals surface area contributed by atoms with Crippen molar-refractivity contribution in [3.8, 4) is 0 Å². The van der Waals surface area contributed by atoms with Crippen LogP contribution in [0.4, 0.5) is 0 Å². The van der Waals surface area contributed by atoms with E-state index in [1.165, 1.54) is 0 Å². The highest BCUT2D eigenvalue weighted by Gasteiger charge is 2.22. The van der Waals surface area contributed by atoms with Crippen LogP contribution >= 0.6 is 11.3 Å². The van der Waals surface area contributed by atoms with Gasteiger partial charge in [-0.15, -0.1) is 11.3 Å². The van der Waals surface area contributed by atoms with Gasteiger partial charge in [0.25, 0.3) is 0 Å². The third kappa shape index (κ3) is 2.24. The van der Waals surface area contributed by atoms with Crippen LogP contribution in [0.3, 0.4) is 0 Å². The summed E-state index contributed by atoms with van der Waals surface area (Å²) in [7, 11) is 0. The number of thiophene rings is 1. The number of carboxylic acids is 1. The number of carboxylic acid groups (broad SMARTS) is 1. The van der Waals surface area contributed by atoms with E-state index in [0.29, 0.717) is 6.54 Å². The Bertz CT molecular complexity index is 399. The number of hydrogen-bond donors (Lipinski definition) is 1. The van der Waals surface area contributed by atoms with Crippen LogP contribution < -0.4 is 0 Å². The fraction of sp³-hybridized carbons (Fsp3) is 0.400. The third-order valence-corrected chi connectivity index (χ3v) is 3.41. The molecule has 0 bridgehead atoms. The maximum atomic E-state index is 11.7. The van der Waals surface area contributed by atoms with Gasteiger partial charge in [0, 0.05) is 17.0 Å². The summed E-state index contributed by atoms with van der Waals surface area (Å²) in [6, 6.07) is 1.83. The first kappa shape index (κ1) is 10.3. The zero-order chi connectivity index (χ0) is 10.8. The number of carbonyl (C=O) groups is 2. The van der Waals surface area contributed by atoms with Crippen molar-refractivity contribution in [1.29, 1.82) is 0 Å². The molecule has 0 spiro atoms. The van der Waals surface area contributed by atoms with Crippen molar-refractivity contribution in [3.05, 3.63) is 21.9 Å². The van der Waals surface area contributed by atoms with Gasteiger partial charge in [0.05, 0.1) is 13.1 Å². The highest BCUT2D eigenvalue weighted by molar-refractivity contribution is 7.10. The molecule has 1 aliphatic rings. The Morgan fingerprint density at radius 2 is 2.40 bits per heavy atom. The molecule has 4 nitrogen and oxygen atoms in total. The van der Waals surface area contributed by atoms with E-state index in [0.717, 1.165) is 16.9 Å². The smallest absolute Gasteiger partial charge is 0.317 e. The topological polar surface area (TPSA) is 57.6 Å². The van der Waals surface area contributed by atoms with E-state index in [4.69, 9.17) is 5.11 Å². The molecule has 0 unspecified atom stereocenters. The summed E-state index contributed by atoms with van der Waals surface area (Å²) >= 11 is 1.57. The standard InChI is InChI=1S/C10H11NO3S/c12-8-5-11(6-10(13)14)3-1-9-7(8)2-4-15-9/h2,4H,1,3,5-6H2,(H,13,14). The Balaban J connectivity index is 2.13. The monoisotopic (exact) mass is 225 g/mol. The SMILES string of the molecule is O=C(O)CN1CCc2sccc2C(=O)C1. The minimum atomic E-state index is -0.881. The fourth-order valence-electron chi connectivity index (χ4n) is 1.74. The van der Waals surface area contributed by atoms with Gasteiger partial charge in [-0.1, -0.05) is 0 Å². The molecule has 5 heteroatoms. The molecule has 0 aromatic carbocycles. The Morgan fingerprint density at radius 3 is 3.13 bits per heavy atom. The Hall–Kier alpha value is -1.20. The van der Waals surface area contributed by atoms with Crippen molar-refractivity contribution in [2.45, 2.75) is 6.42 Å². The molecule has 2 heterocycles. The molecule has 1 N–H and O–H groups in total. The quantitative estimate of drug-likeness (QED) is 0.811. The van der Waals surface area contributed by atoms with Gasteiger partial charge in [0.2, 0.25) is 0 Å². The highest BCUT2D eigenvalue weighted by atomic mass is 32.1. The number of aliphatic carboxylic acids is 1. The molecule has 0 atom stereocenters. The molecule has 0 saturated carbocycles. The molecule has 1 aromatic rings. The molecule has 0 aliphatic carbocycles. The van der Waals surface area contributed by atoms with Crippen LogP contribution in [-0.2, 0) is 11.2 Å². The summed E-state index contributed by atoms with van der Waals surface area (Å²) in [6.45, 7) is 0.808. The number of Topliss-reactive ketones (excluding diaryl/α,β-unsaturated/α-hetero) is 1. The number of hydrogen-bond acceptors (Lipinski definition) is 4. The number of fused-ring (bicyclic) bond motifs is 1. The average Bonchev–Trinajstić information content (AvgIpc) is 2.56. The molecule has 0 amide bonds. The van der Waals surface area contributed by atoms with Crippen molar-refractivity contribution in [3.63, 3.8) is 0 Å². The van der Waals surface area contributed by atoms with Crippen molar-refractivity contribution >= 4 is 23.1 Å². The summed E-state index contributed by atoms with van der Waals surface area (Å²) in [6.07, 6.45) is 0.770. The fourth-order valence-corrected chi connectivity index (χ4v) is 2.62. The maximum absolute atomic E-state index is 11.7. The lowest BCUT2D eigenvalue weighted by molar-refractivity contribution is -0.138. The second-order valence-electron chi connectivity index (χ2n) is 3.54. The van der Waals surface area contributed by atoms with Crippen molar-refractivity contribution in [2.75, 3.05) is 19.6 Å². The van der Waals surface area contributed by atoms with Gasteiger partial charge in [-0.3, -0.25) is 14.5 Å². The van der Waals surface area contributed by atoms with Gasteiger partial charge < -0.3 is 5.11 Å². The second kappa shape index (κ2) is 4.12. The van der Waals surface area contributed by atoms with Crippen LogP contribution in [0.2, 0.25) is 0 Å². The normalized spacial score (nSPS) is 17.2. The summed E-state index contributed by atoms with van der Waals surface area (Å²) in [5, 5.41) is 10.6. The number of rotatable bonds is 2. The summed E-state index contributed by atoms with van der Waals surface area (Å²) in [5.74, 6) is -0.849. The van der Waals surface area contributed by atoms with Crippen LogP contribution in [-0.4, -0.2) is 41.4 Å². The lowest BCUT2D eigenvalue weighted by Gasteiger charge is -2.15. The molecular weight excluding hydrogens is 214 g/mol. The van der Waals surface area contributed by atoms with Crippen LogP contribution in [0.5, 0.6) is 0 Å². The Kier molecular flexibility index (Phi) is 2.83. The van der Waals surface area contributed by atoms with Crippen molar-refractivity contribution in [2.24, 2.45) is 0 Å². The first-order valence-corrected chi connectivity index (χ1v) is 5.58. The molecule has 0 fully saturated rings. The van der Waals surface area contributed by atoms with E-state index >= 15 is 0 Å². The summed E-state index contributed by atoms with van der Waals surface area (Å²) in [4.78, 5) is 25.0. The van der Waals surface area contributed by atoms with Crippen molar-refractivity contribution in [1.82, 2.24) is 4.90 Å². The van der Waals surface area contributed by atoms with Gasteiger partial charge in [0.1, 0.15) is 0 Å².